The van der Waals surface area contributed by atoms with Crippen molar-refractivity contribution in [1.82, 2.24) is 20.5 Å². The highest BCUT2D eigenvalue weighted by atomic mass is 19.1. The second-order valence-corrected chi connectivity index (χ2v) is 12.4. The summed E-state index contributed by atoms with van der Waals surface area (Å²) in [5.74, 6) is -3.82. The first kappa shape index (κ1) is 34.0. The number of fused-ring (bicyclic) bond motifs is 2. The number of carbonyl (C=O) groups excluding carboxylic acids is 7. The number of carbonyl (C=O) groups is 7. The number of rotatable bonds is 12. The predicted molar refractivity (Wildman–Crippen MR) is 178 cm³/mol. The number of unbranched alkanes of at least 4 members (excludes halogenated alkanes) is 2. The van der Waals surface area contributed by atoms with Gasteiger partial charge in [0, 0.05) is 42.0 Å². The summed E-state index contributed by atoms with van der Waals surface area (Å²) >= 11 is 0. The van der Waals surface area contributed by atoms with Crippen molar-refractivity contribution in [1.29, 1.82) is 0 Å². The number of amides is 6. The zero-order valence-electron chi connectivity index (χ0n) is 27.4. The van der Waals surface area contributed by atoms with E-state index < -0.39 is 35.5 Å². The lowest BCUT2D eigenvalue weighted by molar-refractivity contribution is -0.136. The minimum Gasteiger partial charge on any atom is -0.485 e. The van der Waals surface area contributed by atoms with Crippen molar-refractivity contribution in [3.05, 3.63) is 81.4 Å². The van der Waals surface area contributed by atoms with Crippen molar-refractivity contribution in [2.75, 3.05) is 18.5 Å². The zero-order chi connectivity index (χ0) is 35.7. The van der Waals surface area contributed by atoms with Gasteiger partial charge in [-0.3, -0.25) is 43.8 Å². The third-order valence-electron chi connectivity index (χ3n) is 8.99. The first-order valence-corrected chi connectivity index (χ1v) is 16.2. The van der Waals surface area contributed by atoms with Crippen LogP contribution in [0.1, 0.15) is 92.1 Å². The Labute approximate surface area is 285 Å². The van der Waals surface area contributed by atoms with E-state index in [-0.39, 0.29) is 60.3 Å². The number of piperidine rings is 1. The normalized spacial score (nSPS) is 17.5. The largest absolute Gasteiger partial charge is 0.485 e. The minimum atomic E-state index is -1.11. The number of benzene rings is 2. The van der Waals surface area contributed by atoms with Gasteiger partial charge in [0.25, 0.3) is 23.6 Å². The van der Waals surface area contributed by atoms with Crippen LogP contribution < -0.4 is 20.7 Å². The number of halogens is 1. The summed E-state index contributed by atoms with van der Waals surface area (Å²) in [7, 11) is 0. The molecule has 3 aromatic rings. The van der Waals surface area contributed by atoms with E-state index >= 15 is 0 Å². The standard InChI is InChI=1S/C36H34FN5O8/c1-18-26(16-24-23-15-20(37)10-11-25(23)40-32(24)45)39-19(2)30(18)34(47)38-14-5-3-4-7-21(43)17-50-28-9-6-8-22-31(28)36(49)42(35(22)48)27-12-13-29(44)41-33(27)46/h6,8-11,15-16,27,39H,3-5,7,12-14,17H2,1-2H3,(H,38,47)(H,40,45)(H,41,44,46)/b24-16-. The number of nitrogens with one attached hydrogen (secondary N) is 4. The van der Waals surface area contributed by atoms with Gasteiger partial charge < -0.3 is 20.4 Å². The van der Waals surface area contributed by atoms with Gasteiger partial charge in [0.05, 0.1) is 22.3 Å². The summed E-state index contributed by atoms with van der Waals surface area (Å²) < 4.78 is 19.5. The van der Waals surface area contributed by atoms with E-state index in [1.807, 2.05) is 0 Å². The number of imide groups is 2. The molecule has 6 rings (SSSR count). The molecule has 1 aromatic heterocycles. The first-order valence-electron chi connectivity index (χ1n) is 16.2. The van der Waals surface area contributed by atoms with Gasteiger partial charge in [-0.1, -0.05) is 12.5 Å². The number of H-pyrrole nitrogens is 1. The molecule has 50 heavy (non-hydrogen) atoms. The lowest BCUT2D eigenvalue weighted by atomic mass is 10.0. The zero-order valence-corrected chi connectivity index (χ0v) is 27.4. The third kappa shape index (κ3) is 6.56. The molecule has 1 saturated heterocycles. The Balaban J connectivity index is 0.959. The fourth-order valence-electron chi connectivity index (χ4n) is 6.46. The fraction of sp³-hybridized carbons (Fsp3) is 0.306. The van der Waals surface area contributed by atoms with E-state index in [9.17, 15) is 38.0 Å². The molecule has 0 saturated carbocycles. The van der Waals surface area contributed by atoms with Gasteiger partial charge in [-0.05, 0) is 75.1 Å². The second kappa shape index (κ2) is 13.9. The molecule has 0 spiro atoms. The molecular formula is C36H34FN5O8. The number of Topliss-reactive ketones (excluding diaryl/α,β-unsaturated/α-hetero) is 1. The molecule has 13 nitrogen and oxygen atoms in total. The van der Waals surface area contributed by atoms with Crippen molar-refractivity contribution >= 4 is 58.6 Å². The van der Waals surface area contributed by atoms with E-state index in [0.717, 1.165) is 4.90 Å². The Bertz CT molecular complexity index is 2010. The van der Waals surface area contributed by atoms with Crippen molar-refractivity contribution in [2.45, 2.75) is 58.4 Å². The van der Waals surface area contributed by atoms with Crippen LogP contribution in [0.5, 0.6) is 5.75 Å². The molecule has 4 N–H and O–H groups in total. The lowest BCUT2D eigenvalue weighted by Gasteiger charge is -2.27. The molecule has 3 aliphatic rings. The smallest absolute Gasteiger partial charge is 0.266 e. The number of ketones is 1. The average Bonchev–Trinajstić information content (AvgIpc) is 3.64. The lowest BCUT2D eigenvalue weighted by Crippen LogP contribution is -2.54. The predicted octanol–water partition coefficient (Wildman–Crippen LogP) is 3.60. The topological polar surface area (TPSA) is 184 Å². The van der Waals surface area contributed by atoms with E-state index in [1.54, 1.807) is 19.9 Å². The molecule has 0 aliphatic carbocycles. The quantitative estimate of drug-likeness (QED) is 0.127. The molecular weight excluding hydrogens is 649 g/mol. The minimum absolute atomic E-state index is 0.00293. The van der Waals surface area contributed by atoms with Gasteiger partial charge in [-0.2, -0.15) is 0 Å². The van der Waals surface area contributed by atoms with Crippen molar-refractivity contribution in [2.24, 2.45) is 0 Å². The van der Waals surface area contributed by atoms with Gasteiger partial charge >= 0.3 is 0 Å². The Morgan fingerprint density at radius 3 is 2.58 bits per heavy atom. The summed E-state index contributed by atoms with van der Waals surface area (Å²) in [4.78, 5) is 92.2. The fourth-order valence-corrected chi connectivity index (χ4v) is 6.46. The van der Waals surface area contributed by atoms with Gasteiger partial charge in [-0.25, -0.2) is 4.39 Å². The number of aryl methyl sites for hydroxylation is 1. The Hall–Kier alpha value is -5.92. The molecule has 2 aromatic carbocycles. The van der Waals surface area contributed by atoms with Crippen LogP contribution in [0.4, 0.5) is 10.1 Å². The van der Waals surface area contributed by atoms with Crippen LogP contribution in [-0.4, -0.2) is 70.3 Å². The number of aromatic nitrogens is 1. The van der Waals surface area contributed by atoms with Crippen LogP contribution in [0.3, 0.4) is 0 Å². The van der Waals surface area contributed by atoms with Crippen LogP contribution in [0.25, 0.3) is 11.6 Å². The van der Waals surface area contributed by atoms with Gasteiger partial charge in [0.15, 0.2) is 5.78 Å². The molecule has 6 amide bonds. The summed E-state index contributed by atoms with van der Waals surface area (Å²) in [6.45, 7) is 3.57. The number of hydrogen-bond donors (Lipinski definition) is 4. The van der Waals surface area contributed by atoms with Crippen LogP contribution in [0.2, 0.25) is 0 Å². The molecule has 1 atom stereocenters. The van der Waals surface area contributed by atoms with Gasteiger partial charge in [-0.15, -0.1) is 0 Å². The maximum atomic E-state index is 13.8. The highest BCUT2D eigenvalue weighted by Gasteiger charge is 2.46. The van der Waals surface area contributed by atoms with Gasteiger partial charge in [0.1, 0.15) is 24.2 Å². The number of ether oxygens (including phenoxy) is 1. The third-order valence-corrected chi connectivity index (χ3v) is 8.99. The Kier molecular flexibility index (Phi) is 9.44. The Morgan fingerprint density at radius 2 is 1.80 bits per heavy atom. The molecule has 1 unspecified atom stereocenters. The van der Waals surface area contributed by atoms with E-state index in [0.29, 0.717) is 65.1 Å². The highest BCUT2D eigenvalue weighted by Crippen LogP contribution is 2.35. The van der Waals surface area contributed by atoms with Crippen LogP contribution in [-0.2, 0) is 19.2 Å². The van der Waals surface area contributed by atoms with Crippen LogP contribution in [0, 0.1) is 19.7 Å². The second-order valence-electron chi connectivity index (χ2n) is 12.4. The summed E-state index contributed by atoms with van der Waals surface area (Å²) in [6.07, 6.45) is 3.64. The number of hydrogen-bond acceptors (Lipinski definition) is 8. The summed E-state index contributed by atoms with van der Waals surface area (Å²) in [5.41, 5.74) is 3.59. The SMILES string of the molecule is Cc1[nH]c(/C=C2\C(=O)Nc3ccc(F)cc32)c(C)c1C(=O)NCCCCCC(=O)COc1cccc2c1C(=O)N(C1CCC(=O)NC1=O)C2=O. The highest BCUT2D eigenvalue weighted by molar-refractivity contribution is 6.35. The van der Waals surface area contributed by atoms with Gasteiger partial charge in [0.2, 0.25) is 11.8 Å². The average molecular weight is 684 g/mol. The summed E-state index contributed by atoms with van der Waals surface area (Å²) in [6, 6.07) is 7.41. The maximum Gasteiger partial charge on any atom is 0.266 e. The molecule has 0 radical (unpaired) electrons. The van der Waals surface area contributed by atoms with Crippen molar-refractivity contribution < 1.29 is 42.7 Å². The van der Waals surface area contributed by atoms with E-state index in [2.05, 4.69) is 20.9 Å². The molecule has 4 heterocycles. The monoisotopic (exact) mass is 683 g/mol. The molecule has 0 bridgehead atoms. The first-order chi connectivity index (χ1) is 23.9. The Morgan fingerprint density at radius 1 is 1.00 bits per heavy atom. The van der Waals surface area contributed by atoms with Crippen molar-refractivity contribution in [3.8, 4) is 5.75 Å². The van der Waals surface area contributed by atoms with E-state index in [4.69, 9.17) is 4.74 Å². The number of nitrogens with zero attached hydrogens (tertiary/aromatic N) is 1. The van der Waals surface area contributed by atoms with Crippen LogP contribution in [0.15, 0.2) is 36.4 Å². The molecule has 258 valence electrons. The molecule has 14 heteroatoms. The van der Waals surface area contributed by atoms with Crippen LogP contribution >= 0.6 is 0 Å². The molecule has 3 aliphatic heterocycles. The van der Waals surface area contributed by atoms with Crippen molar-refractivity contribution in [3.63, 3.8) is 0 Å². The summed E-state index contributed by atoms with van der Waals surface area (Å²) in [5, 5.41) is 7.76. The number of aromatic amines is 1. The molecule has 1 fully saturated rings. The number of anilines is 1. The maximum absolute atomic E-state index is 13.8. The van der Waals surface area contributed by atoms with E-state index in [1.165, 1.54) is 36.4 Å².